The quantitative estimate of drug-likeness (QED) is 0.765. The molecule has 1 unspecified atom stereocenters. The summed E-state index contributed by atoms with van der Waals surface area (Å²) >= 11 is 5.84. The molecule has 0 aliphatic carbocycles. The maximum atomic E-state index is 11.6. The zero-order chi connectivity index (χ0) is 11.8. The van der Waals surface area contributed by atoms with Crippen LogP contribution in [0.1, 0.15) is 6.92 Å². The summed E-state index contributed by atoms with van der Waals surface area (Å²) in [5.74, 6) is 0.293. The first-order valence-electron chi connectivity index (χ1n) is 4.84. The number of anilines is 1. The molecule has 0 spiro atoms. The second kappa shape index (κ2) is 3.87. The van der Waals surface area contributed by atoms with Crippen molar-refractivity contribution < 1.29 is 14.3 Å². The Labute approximate surface area is 98.5 Å². The van der Waals surface area contributed by atoms with Gasteiger partial charge in [0.05, 0.1) is 12.8 Å². The third kappa shape index (κ3) is 1.80. The highest BCUT2D eigenvalue weighted by atomic mass is 35.5. The molecule has 0 amide bonds. The van der Waals surface area contributed by atoms with Crippen LogP contribution < -0.4 is 10.1 Å². The Morgan fingerprint density at radius 1 is 1.62 bits per heavy atom. The minimum atomic E-state index is -0.852. The van der Waals surface area contributed by atoms with Crippen LogP contribution in [0, 0.1) is 0 Å². The van der Waals surface area contributed by atoms with Gasteiger partial charge in [0.2, 0.25) is 0 Å². The minimum absolute atomic E-state index is 0.215. The topological polar surface area (TPSA) is 47.6 Å². The number of hydrogen-bond acceptors (Lipinski definition) is 4. The number of benzene rings is 1. The van der Waals surface area contributed by atoms with Gasteiger partial charge in [0.25, 0.3) is 0 Å². The second-order valence-corrected chi connectivity index (χ2v) is 4.31. The van der Waals surface area contributed by atoms with Crippen LogP contribution in [-0.4, -0.2) is 25.2 Å². The first kappa shape index (κ1) is 11.1. The number of ether oxygens (including phenoxy) is 2. The van der Waals surface area contributed by atoms with Crippen molar-refractivity contribution >= 4 is 23.3 Å². The fourth-order valence-electron chi connectivity index (χ4n) is 1.61. The Morgan fingerprint density at radius 2 is 2.38 bits per heavy atom. The molecule has 86 valence electrons. The molecule has 0 bridgehead atoms. The van der Waals surface area contributed by atoms with Gasteiger partial charge >= 0.3 is 5.97 Å². The van der Waals surface area contributed by atoms with Crippen molar-refractivity contribution in [3.63, 3.8) is 0 Å². The van der Waals surface area contributed by atoms with Crippen LogP contribution in [0.2, 0.25) is 5.02 Å². The lowest BCUT2D eigenvalue weighted by Crippen LogP contribution is -2.51. The van der Waals surface area contributed by atoms with Gasteiger partial charge in [0.1, 0.15) is 12.4 Å². The molecule has 4 nitrogen and oxygen atoms in total. The molecule has 0 radical (unpaired) electrons. The zero-order valence-electron chi connectivity index (χ0n) is 9.04. The van der Waals surface area contributed by atoms with Crippen molar-refractivity contribution in [1.29, 1.82) is 0 Å². The number of carbonyl (C=O) groups excluding carboxylic acids is 1. The smallest absolute Gasteiger partial charge is 0.334 e. The van der Waals surface area contributed by atoms with Crippen molar-refractivity contribution in [2.24, 2.45) is 0 Å². The SMILES string of the molecule is COC(=O)C1(C)COc2cc(Cl)ccc2N1. The zero-order valence-corrected chi connectivity index (χ0v) is 9.80. The highest BCUT2D eigenvalue weighted by Gasteiger charge is 2.39. The molecule has 1 aliphatic rings. The molecule has 5 heteroatoms. The van der Waals surface area contributed by atoms with Gasteiger partial charge in [-0.15, -0.1) is 0 Å². The van der Waals surface area contributed by atoms with E-state index < -0.39 is 5.54 Å². The molecule has 16 heavy (non-hydrogen) atoms. The summed E-state index contributed by atoms with van der Waals surface area (Å²) in [6.45, 7) is 1.95. The van der Waals surface area contributed by atoms with Crippen LogP contribution in [0.4, 0.5) is 5.69 Å². The van der Waals surface area contributed by atoms with E-state index in [0.717, 1.165) is 5.69 Å². The maximum absolute atomic E-state index is 11.6. The summed E-state index contributed by atoms with van der Waals surface area (Å²) in [6.07, 6.45) is 0. The molecule has 1 heterocycles. The number of rotatable bonds is 1. The third-order valence-corrected chi connectivity index (χ3v) is 2.74. The molecule has 1 N–H and O–H groups in total. The second-order valence-electron chi connectivity index (χ2n) is 3.88. The first-order chi connectivity index (χ1) is 7.55. The monoisotopic (exact) mass is 241 g/mol. The molecule has 1 aromatic carbocycles. The summed E-state index contributed by atoms with van der Waals surface area (Å²) in [5, 5.41) is 3.69. The van der Waals surface area contributed by atoms with E-state index in [0.29, 0.717) is 10.8 Å². The van der Waals surface area contributed by atoms with E-state index in [1.165, 1.54) is 7.11 Å². The van der Waals surface area contributed by atoms with E-state index in [9.17, 15) is 4.79 Å². The van der Waals surface area contributed by atoms with Crippen LogP contribution in [0.5, 0.6) is 5.75 Å². The first-order valence-corrected chi connectivity index (χ1v) is 5.22. The van der Waals surface area contributed by atoms with E-state index in [4.69, 9.17) is 21.1 Å². The van der Waals surface area contributed by atoms with Gasteiger partial charge in [0, 0.05) is 11.1 Å². The van der Waals surface area contributed by atoms with Gasteiger partial charge in [-0.1, -0.05) is 11.6 Å². The Morgan fingerprint density at radius 3 is 3.06 bits per heavy atom. The maximum Gasteiger partial charge on any atom is 0.334 e. The van der Waals surface area contributed by atoms with Crippen LogP contribution >= 0.6 is 11.6 Å². The van der Waals surface area contributed by atoms with E-state index in [-0.39, 0.29) is 12.6 Å². The lowest BCUT2D eigenvalue weighted by Gasteiger charge is -2.34. The Kier molecular flexibility index (Phi) is 2.68. The third-order valence-electron chi connectivity index (χ3n) is 2.51. The average Bonchev–Trinajstić information content (AvgIpc) is 2.28. The van der Waals surface area contributed by atoms with Crippen LogP contribution in [0.25, 0.3) is 0 Å². The summed E-state index contributed by atoms with van der Waals surface area (Å²) in [6, 6.07) is 5.22. The fraction of sp³-hybridized carbons (Fsp3) is 0.364. The molecule has 2 rings (SSSR count). The van der Waals surface area contributed by atoms with Crippen molar-refractivity contribution in [3.05, 3.63) is 23.2 Å². The van der Waals surface area contributed by atoms with E-state index in [2.05, 4.69) is 5.32 Å². The van der Waals surface area contributed by atoms with Gasteiger partial charge in [-0.3, -0.25) is 0 Å². The summed E-state index contributed by atoms with van der Waals surface area (Å²) in [5.41, 5.74) is -0.112. The van der Waals surface area contributed by atoms with Gasteiger partial charge in [-0.25, -0.2) is 4.79 Å². The normalized spacial score (nSPS) is 22.7. The number of halogens is 1. The lowest BCUT2D eigenvalue weighted by molar-refractivity contribution is -0.146. The largest absolute Gasteiger partial charge is 0.488 e. The lowest BCUT2D eigenvalue weighted by atomic mass is 10.0. The molecule has 0 saturated heterocycles. The number of nitrogens with one attached hydrogen (secondary N) is 1. The number of fused-ring (bicyclic) bond motifs is 1. The number of hydrogen-bond donors (Lipinski definition) is 1. The predicted octanol–water partition coefficient (Wildman–Crippen LogP) is 2.08. The van der Waals surface area contributed by atoms with Crippen molar-refractivity contribution in [2.45, 2.75) is 12.5 Å². The summed E-state index contributed by atoms with van der Waals surface area (Å²) in [4.78, 5) is 11.6. The van der Waals surface area contributed by atoms with Crippen molar-refractivity contribution in [2.75, 3.05) is 19.0 Å². The molecule has 1 atom stereocenters. The van der Waals surface area contributed by atoms with Gasteiger partial charge in [0.15, 0.2) is 5.54 Å². The van der Waals surface area contributed by atoms with Crippen molar-refractivity contribution in [1.82, 2.24) is 0 Å². The number of esters is 1. The fourth-order valence-corrected chi connectivity index (χ4v) is 1.77. The van der Waals surface area contributed by atoms with E-state index in [1.807, 2.05) is 0 Å². The van der Waals surface area contributed by atoms with Gasteiger partial charge < -0.3 is 14.8 Å². The van der Waals surface area contributed by atoms with E-state index >= 15 is 0 Å². The predicted molar refractivity (Wildman–Crippen MR) is 61.0 cm³/mol. The van der Waals surface area contributed by atoms with Crippen LogP contribution in [0.3, 0.4) is 0 Å². The van der Waals surface area contributed by atoms with Crippen molar-refractivity contribution in [3.8, 4) is 5.75 Å². The highest BCUT2D eigenvalue weighted by molar-refractivity contribution is 6.30. The average molecular weight is 242 g/mol. The molecule has 0 fully saturated rings. The Balaban J connectivity index is 2.30. The van der Waals surface area contributed by atoms with Crippen LogP contribution in [-0.2, 0) is 9.53 Å². The molecule has 0 saturated carbocycles. The summed E-state index contributed by atoms with van der Waals surface area (Å²) < 4.78 is 10.2. The standard InChI is InChI=1S/C11H12ClNO3/c1-11(10(14)15-2)6-16-9-5-7(12)3-4-8(9)13-11/h3-5,13H,6H2,1-2H3. The number of methoxy groups -OCH3 is 1. The van der Waals surface area contributed by atoms with Gasteiger partial charge in [-0.05, 0) is 19.1 Å². The molecule has 1 aliphatic heterocycles. The van der Waals surface area contributed by atoms with Gasteiger partial charge in [-0.2, -0.15) is 0 Å². The molecule has 1 aromatic rings. The molecular formula is C11H12ClNO3. The number of carbonyl (C=O) groups is 1. The Bertz CT molecular complexity index is 435. The minimum Gasteiger partial charge on any atom is -0.488 e. The van der Waals surface area contributed by atoms with E-state index in [1.54, 1.807) is 25.1 Å². The van der Waals surface area contributed by atoms with Crippen LogP contribution in [0.15, 0.2) is 18.2 Å². The molecular weight excluding hydrogens is 230 g/mol. The highest BCUT2D eigenvalue weighted by Crippen LogP contribution is 2.34. The molecule has 0 aromatic heterocycles. The summed E-state index contributed by atoms with van der Waals surface area (Å²) in [7, 11) is 1.35. The Hall–Kier alpha value is -1.42.